The summed E-state index contributed by atoms with van der Waals surface area (Å²) in [5.41, 5.74) is 4.65. The van der Waals surface area contributed by atoms with Gasteiger partial charge >= 0.3 is 0 Å². The molecule has 5 heteroatoms. The van der Waals surface area contributed by atoms with Gasteiger partial charge in [-0.3, -0.25) is 4.79 Å². The van der Waals surface area contributed by atoms with Crippen LogP contribution in [0, 0.1) is 13.8 Å². The van der Waals surface area contributed by atoms with E-state index in [4.69, 9.17) is 0 Å². The summed E-state index contributed by atoms with van der Waals surface area (Å²) in [5, 5.41) is 17.7. The van der Waals surface area contributed by atoms with Crippen LogP contribution in [0.15, 0.2) is 30.5 Å². The Morgan fingerprint density at radius 2 is 2.00 bits per heavy atom. The maximum atomic E-state index is 12.7. The number of hydrogen-bond acceptors (Lipinski definition) is 4. The third-order valence-corrected chi connectivity index (χ3v) is 4.86. The van der Waals surface area contributed by atoms with E-state index in [0.717, 1.165) is 41.6 Å². The molecular weight excluding hydrogens is 302 g/mol. The molecule has 2 heterocycles. The van der Waals surface area contributed by atoms with E-state index in [1.807, 2.05) is 38.1 Å². The summed E-state index contributed by atoms with van der Waals surface area (Å²) >= 11 is 0. The van der Waals surface area contributed by atoms with Gasteiger partial charge in [-0.1, -0.05) is 12.1 Å². The Kier molecular flexibility index (Phi) is 4.90. The summed E-state index contributed by atoms with van der Waals surface area (Å²) in [4.78, 5) is 14.5. The number of benzene rings is 1. The van der Waals surface area contributed by atoms with E-state index in [-0.39, 0.29) is 18.6 Å². The van der Waals surface area contributed by atoms with Crippen LogP contribution >= 0.6 is 0 Å². The smallest absolute Gasteiger partial charge is 0.254 e. The molecule has 5 nitrogen and oxygen atoms in total. The molecule has 1 aliphatic heterocycles. The molecule has 24 heavy (non-hydrogen) atoms. The van der Waals surface area contributed by atoms with E-state index in [2.05, 4.69) is 10.2 Å². The average Bonchev–Trinajstić information content (AvgIpc) is 2.63. The van der Waals surface area contributed by atoms with Gasteiger partial charge in [0.25, 0.3) is 5.91 Å². The minimum Gasteiger partial charge on any atom is -0.394 e. The van der Waals surface area contributed by atoms with Crippen molar-refractivity contribution < 1.29 is 9.90 Å². The lowest BCUT2D eigenvalue weighted by Crippen LogP contribution is -2.45. The van der Waals surface area contributed by atoms with Crippen LogP contribution in [0.1, 0.15) is 40.7 Å². The molecule has 0 bridgehead atoms. The number of rotatable bonds is 3. The fourth-order valence-electron chi connectivity index (χ4n) is 3.20. The minimum atomic E-state index is -0.0594. The lowest BCUT2D eigenvalue weighted by Gasteiger charge is -2.34. The fourth-order valence-corrected chi connectivity index (χ4v) is 3.20. The summed E-state index contributed by atoms with van der Waals surface area (Å²) in [6, 6.07) is 7.45. The highest BCUT2D eigenvalue weighted by Crippen LogP contribution is 2.24. The van der Waals surface area contributed by atoms with Gasteiger partial charge < -0.3 is 10.0 Å². The molecule has 2 aromatic rings. The van der Waals surface area contributed by atoms with Crippen LogP contribution in [0.2, 0.25) is 0 Å². The van der Waals surface area contributed by atoms with E-state index in [9.17, 15) is 9.90 Å². The van der Waals surface area contributed by atoms with Gasteiger partial charge in [0.05, 0.1) is 24.5 Å². The number of aryl methyl sites for hydroxylation is 1. The van der Waals surface area contributed by atoms with Gasteiger partial charge in [-0.05, 0) is 56.4 Å². The molecule has 0 spiro atoms. The maximum Gasteiger partial charge on any atom is 0.254 e. The molecule has 1 aromatic heterocycles. The van der Waals surface area contributed by atoms with Crippen LogP contribution in [0.4, 0.5) is 0 Å². The minimum absolute atomic E-state index is 0.00708. The zero-order valence-corrected chi connectivity index (χ0v) is 14.2. The topological polar surface area (TPSA) is 66.3 Å². The van der Waals surface area contributed by atoms with E-state index in [1.54, 1.807) is 11.1 Å². The van der Waals surface area contributed by atoms with Gasteiger partial charge in [-0.25, -0.2) is 0 Å². The summed E-state index contributed by atoms with van der Waals surface area (Å²) < 4.78 is 0. The van der Waals surface area contributed by atoms with Crippen LogP contribution in [-0.4, -0.2) is 45.3 Å². The van der Waals surface area contributed by atoms with Gasteiger partial charge in [0.15, 0.2) is 0 Å². The Bertz CT molecular complexity index is 728. The first-order valence-electron chi connectivity index (χ1n) is 8.43. The maximum absolute atomic E-state index is 12.7. The highest BCUT2D eigenvalue weighted by atomic mass is 16.3. The normalized spacial score (nSPS) is 17.8. The van der Waals surface area contributed by atoms with Crippen molar-refractivity contribution in [1.82, 2.24) is 15.1 Å². The Hall–Kier alpha value is -2.27. The quantitative estimate of drug-likeness (QED) is 0.942. The van der Waals surface area contributed by atoms with E-state index in [1.165, 1.54) is 0 Å². The number of aliphatic hydroxyl groups excluding tert-OH is 1. The monoisotopic (exact) mass is 325 g/mol. The lowest BCUT2D eigenvalue weighted by molar-refractivity contribution is 0.0503. The Morgan fingerprint density at radius 3 is 2.71 bits per heavy atom. The van der Waals surface area contributed by atoms with Crippen molar-refractivity contribution in [3.05, 3.63) is 47.2 Å². The molecule has 0 aliphatic carbocycles. The van der Waals surface area contributed by atoms with Gasteiger partial charge in [0.2, 0.25) is 0 Å². The molecule has 1 saturated heterocycles. The van der Waals surface area contributed by atoms with Crippen LogP contribution < -0.4 is 0 Å². The summed E-state index contributed by atoms with van der Waals surface area (Å²) in [7, 11) is 0. The molecule has 1 atom stereocenters. The third kappa shape index (κ3) is 3.17. The molecule has 1 N–H and O–H groups in total. The van der Waals surface area contributed by atoms with Crippen LogP contribution in [0.25, 0.3) is 11.3 Å². The van der Waals surface area contributed by atoms with Crippen molar-refractivity contribution in [3.63, 3.8) is 0 Å². The Labute approximate surface area is 142 Å². The molecule has 1 fully saturated rings. The van der Waals surface area contributed by atoms with Crippen molar-refractivity contribution >= 4 is 5.91 Å². The number of likely N-dealkylation sites (tertiary alicyclic amines) is 1. The number of carbonyl (C=O) groups is 1. The molecule has 3 rings (SSSR count). The van der Waals surface area contributed by atoms with Crippen molar-refractivity contribution in [1.29, 1.82) is 0 Å². The molecular formula is C19H23N3O2. The fraction of sp³-hybridized carbons (Fsp3) is 0.421. The second kappa shape index (κ2) is 7.09. The largest absolute Gasteiger partial charge is 0.394 e. The van der Waals surface area contributed by atoms with E-state index >= 15 is 0 Å². The zero-order valence-electron chi connectivity index (χ0n) is 14.2. The van der Waals surface area contributed by atoms with Crippen molar-refractivity contribution in [2.45, 2.75) is 39.2 Å². The molecule has 1 aromatic carbocycles. The van der Waals surface area contributed by atoms with Crippen LogP contribution in [0.5, 0.6) is 0 Å². The van der Waals surface area contributed by atoms with Crippen LogP contribution in [0.3, 0.4) is 0 Å². The molecule has 126 valence electrons. The van der Waals surface area contributed by atoms with Crippen molar-refractivity contribution in [2.75, 3.05) is 13.2 Å². The number of aromatic nitrogens is 2. The molecule has 0 radical (unpaired) electrons. The SMILES string of the molecule is Cc1cnnc(-c2ccc(C(=O)N3CCCCC3CO)cc2)c1C. The number of aliphatic hydroxyl groups is 1. The highest BCUT2D eigenvalue weighted by molar-refractivity contribution is 5.95. The number of carbonyl (C=O) groups excluding carboxylic acids is 1. The van der Waals surface area contributed by atoms with Gasteiger partial charge in [-0.15, -0.1) is 0 Å². The molecule has 1 amide bonds. The number of amides is 1. The first kappa shape index (κ1) is 16.6. The molecule has 0 saturated carbocycles. The Morgan fingerprint density at radius 1 is 1.25 bits per heavy atom. The predicted octanol–water partition coefficient (Wildman–Crippen LogP) is 2.75. The third-order valence-electron chi connectivity index (χ3n) is 4.86. The first-order chi connectivity index (χ1) is 11.6. The lowest BCUT2D eigenvalue weighted by atomic mass is 10.00. The number of nitrogens with zero attached hydrogens (tertiary/aromatic N) is 3. The van der Waals surface area contributed by atoms with Crippen LogP contribution in [-0.2, 0) is 0 Å². The van der Waals surface area contributed by atoms with Gasteiger partial charge in [0.1, 0.15) is 0 Å². The summed E-state index contributed by atoms with van der Waals surface area (Å²) in [6.45, 7) is 4.78. The predicted molar refractivity (Wildman–Crippen MR) is 92.7 cm³/mol. The standard InChI is InChI=1S/C19H23N3O2/c1-13-11-20-21-18(14(13)2)15-6-8-16(9-7-15)19(24)22-10-4-3-5-17(22)12-23/h6-9,11,17,23H,3-5,10,12H2,1-2H3. The summed E-state index contributed by atoms with van der Waals surface area (Å²) in [5.74, 6) is -0.00708. The van der Waals surface area contributed by atoms with Gasteiger partial charge in [0, 0.05) is 17.7 Å². The highest BCUT2D eigenvalue weighted by Gasteiger charge is 2.26. The molecule has 1 unspecified atom stereocenters. The average molecular weight is 325 g/mol. The van der Waals surface area contributed by atoms with E-state index < -0.39 is 0 Å². The number of piperidine rings is 1. The molecule has 1 aliphatic rings. The van der Waals surface area contributed by atoms with Crippen molar-refractivity contribution in [3.8, 4) is 11.3 Å². The zero-order chi connectivity index (χ0) is 17.1. The second-order valence-electron chi connectivity index (χ2n) is 6.41. The summed E-state index contributed by atoms with van der Waals surface area (Å²) in [6.07, 6.45) is 4.69. The van der Waals surface area contributed by atoms with Gasteiger partial charge in [-0.2, -0.15) is 10.2 Å². The van der Waals surface area contributed by atoms with Crippen molar-refractivity contribution in [2.24, 2.45) is 0 Å². The van der Waals surface area contributed by atoms with E-state index in [0.29, 0.717) is 12.1 Å². The Balaban J connectivity index is 1.84. The first-order valence-corrected chi connectivity index (χ1v) is 8.43. The number of hydrogen-bond donors (Lipinski definition) is 1. The second-order valence-corrected chi connectivity index (χ2v) is 6.41.